The molecular weight excluding hydrogens is 388 g/mol. The molecule has 1 amide bonds. The molecule has 0 fully saturated rings. The first-order valence-electron chi connectivity index (χ1n) is 9.19. The van der Waals surface area contributed by atoms with Gasteiger partial charge in [0.15, 0.2) is 11.5 Å². The molecule has 0 saturated carbocycles. The number of carbonyl (C=O) groups is 2. The zero-order valence-corrected chi connectivity index (χ0v) is 15.8. The molecule has 4 rings (SSSR count). The van der Waals surface area contributed by atoms with Gasteiger partial charge in [0.1, 0.15) is 11.3 Å². The lowest BCUT2D eigenvalue weighted by molar-refractivity contribution is -0.136. The fourth-order valence-corrected chi connectivity index (χ4v) is 2.92. The molecule has 2 aromatic carbocycles. The summed E-state index contributed by atoms with van der Waals surface area (Å²) in [6.07, 6.45) is 1.50. The van der Waals surface area contributed by atoms with Crippen LogP contribution in [0.3, 0.4) is 0 Å². The number of aliphatic carboxylic acids is 1. The molecule has 0 aliphatic carbocycles. The van der Waals surface area contributed by atoms with Gasteiger partial charge in [-0.1, -0.05) is 24.3 Å². The van der Waals surface area contributed by atoms with Crippen molar-refractivity contribution in [1.29, 1.82) is 0 Å². The largest absolute Gasteiger partial charge is 0.481 e. The van der Waals surface area contributed by atoms with Gasteiger partial charge in [-0.3, -0.25) is 9.59 Å². The number of hydrogen-bond donors (Lipinski definition) is 2. The Hall–Kier alpha value is -4.07. The number of carboxylic acids is 1. The molecule has 1 aromatic heterocycles. The van der Waals surface area contributed by atoms with Gasteiger partial charge in [0.2, 0.25) is 12.7 Å². The van der Waals surface area contributed by atoms with E-state index in [4.69, 9.17) is 19.3 Å². The van der Waals surface area contributed by atoms with Crippen LogP contribution in [0.5, 0.6) is 23.1 Å². The lowest BCUT2D eigenvalue weighted by Gasteiger charge is -2.11. The predicted octanol–water partition coefficient (Wildman–Crippen LogP) is 3.16. The molecule has 2 N–H and O–H groups in total. The van der Waals surface area contributed by atoms with E-state index >= 15 is 0 Å². The number of carboxylic acid groups (broad SMARTS) is 1. The summed E-state index contributed by atoms with van der Waals surface area (Å²) in [4.78, 5) is 27.6. The molecule has 3 aromatic rings. The Morgan fingerprint density at radius 1 is 1.03 bits per heavy atom. The minimum Gasteiger partial charge on any atom is -0.481 e. The van der Waals surface area contributed by atoms with Crippen LogP contribution >= 0.6 is 0 Å². The molecule has 1 aliphatic heterocycles. The second-order valence-corrected chi connectivity index (χ2v) is 6.54. The Bertz CT molecular complexity index is 1080. The van der Waals surface area contributed by atoms with Gasteiger partial charge in [-0.25, -0.2) is 4.98 Å². The number of rotatable bonds is 7. The molecule has 0 atom stereocenters. The highest BCUT2D eigenvalue weighted by atomic mass is 16.7. The van der Waals surface area contributed by atoms with E-state index in [1.54, 1.807) is 60.8 Å². The zero-order chi connectivity index (χ0) is 20.9. The van der Waals surface area contributed by atoms with Crippen molar-refractivity contribution in [2.45, 2.75) is 13.0 Å². The Balaban J connectivity index is 1.42. The summed E-state index contributed by atoms with van der Waals surface area (Å²) >= 11 is 0. The van der Waals surface area contributed by atoms with E-state index in [0.717, 1.165) is 5.56 Å². The van der Waals surface area contributed by atoms with Crippen LogP contribution < -0.4 is 19.5 Å². The van der Waals surface area contributed by atoms with Crippen LogP contribution in [0.25, 0.3) is 0 Å². The molecule has 0 spiro atoms. The summed E-state index contributed by atoms with van der Waals surface area (Å²) in [5, 5.41) is 11.7. The van der Waals surface area contributed by atoms with Crippen LogP contribution in [0.1, 0.15) is 21.5 Å². The number of benzene rings is 2. The van der Waals surface area contributed by atoms with Crippen LogP contribution in [-0.4, -0.2) is 28.8 Å². The van der Waals surface area contributed by atoms with Gasteiger partial charge < -0.3 is 24.6 Å². The molecule has 0 unspecified atom stereocenters. The quantitative estimate of drug-likeness (QED) is 0.621. The fraction of sp³-hybridized carbons (Fsp3) is 0.136. The average molecular weight is 406 g/mol. The summed E-state index contributed by atoms with van der Waals surface area (Å²) < 4.78 is 16.4. The number of ether oxygens (including phenoxy) is 3. The number of nitrogens with one attached hydrogen (secondary N) is 1. The lowest BCUT2D eigenvalue weighted by Crippen LogP contribution is -2.23. The van der Waals surface area contributed by atoms with E-state index in [1.165, 1.54) is 0 Å². The van der Waals surface area contributed by atoms with E-state index in [-0.39, 0.29) is 37.1 Å². The second-order valence-electron chi connectivity index (χ2n) is 6.54. The maximum absolute atomic E-state index is 12.7. The van der Waals surface area contributed by atoms with E-state index < -0.39 is 5.97 Å². The SMILES string of the molecule is O=C(O)Cc1ccc(CNC(=O)c2cccnc2Oc2ccc3c(c2)OCO3)cc1. The van der Waals surface area contributed by atoms with Crippen LogP contribution in [0.2, 0.25) is 0 Å². The first-order valence-corrected chi connectivity index (χ1v) is 9.19. The molecule has 0 radical (unpaired) electrons. The van der Waals surface area contributed by atoms with Crippen molar-refractivity contribution in [3.8, 4) is 23.1 Å². The van der Waals surface area contributed by atoms with Crippen molar-refractivity contribution in [3.05, 3.63) is 77.5 Å². The van der Waals surface area contributed by atoms with Crippen molar-refractivity contribution in [1.82, 2.24) is 10.3 Å². The van der Waals surface area contributed by atoms with Gasteiger partial charge in [-0.15, -0.1) is 0 Å². The first kappa shape index (κ1) is 19.3. The Morgan fingerprint density at radius 2 is 1.80 bits per heavy atom. The molecular formula is C22H18N2O6. The number of hydrogen-bond acceptors (Lipinski definition) is 6. The summed E-state index contributed by atoms with van der Waals surface area (Å²) in [5.41, 5.74) is 1.83. The summed E-state index contributed by atoms with van der Waals surface area (Å²) in [5.74, 6) is 0.624. The van der Waals surface area contributed by atoms with Gasteiger partial charge in [0, 0.05) is 18.8 Å². The van der Waals surface area contributed by atoms with Crippen LogP contribution in [-0.2, 0) is 17.8 Å². The summed E-state index contributed by atoms with van der Waals surface area (Å²) in [6, 6.07) is 15.4. The molecule has 8 heteroatoms. The van der Waals surface area contributed by atoms with Gasteiger partial charge >= 0.3 is 5.97 Å². The molecule has 152 valence electrons. The maximum Gasteiger partial charge on any atom is 0.307 e. The molecule has 2 heterocycles. The van der Waals surface area contributed by atoms with Gasteiger partial charge in [-0.2, -0.15) is 0 Å². The Labute approximate surface area is 172 Å². The number of nitrogens with zero attached hydrogens (tertiary/aromatic N) is 1. The van der Waals surface area contributed by atoms with E-state index in [9.17, 15) is 9.59 Å². The Kier molecular flexibility index (Phi) is 5.47. The van der Waals surface area contributed by atoms with Crippen molar-refractivity contribution < 1.29 is 28.9 Å². The third-order valence-electron chi connectivity index (χ3n) is 4.41. The van der Waals surface area contributed by atoms with Gasteiger partial charge in [0.05, 0.1) is 6.42 Å². The van der Waals surface area contributed by atoms with Crippen molar-refractivity contribution >= 4 is 11.9 Å². The fourth-order valence-electron chi connectivity index (χ4n) is 2.92. The van der Waals surface area contributed by atoms with Crippen LogP contribution in [0.15, 0.2) is 60.8 Å². The van der Waals surface area contributed by atoms with E-state index in [2.05, 4.69) is 10.3 Å². The third-order valence-corrected chi connectivity index (χ3v) is 4.41. The summed E-state index contributed by atoms with van der Waals surface area (Å²) in [7, 11) is 0. The number of amides is 1. The minimum atomic E-state index is -0.886. The predicted molar refractivity (Wildman–Crippen MR) is 106 cm³/mol. The first-order chi connectivity index (χ1) is 14.6. The number of pyridine rings is 1. The Morgan fingerprint density at radius 3 is 2.60 bits per heavy atom. The second kappa shape index (κ2) is 8.52. The van der Waals surface area contributed by atoms with E-state index in [0.29, 0.717) is 22.8 Å². The average Bonchev–Trinajstić information content (AvgIpc) is 3.21. The van der Waals surface area contributed by atoms with E-state index in [1.807, 2.05) is 0 Å². The zero-order valence-electron chi connectivity index (χ0n) is 15.8. The number of carbonyl (C=O) groups excluding carboxylic acids is 1. The molecule has 1 aliphatic rings. The topological polar surface area (TPSA) is 107 Å². The highest BCUT2D eigenvalue weighted by molar-refractivity contribution is 5.96. The van der Waals surface area contributed by atoms with Crippen LogP contribution in [0, 0.1) is 0 Å². The normalized spacial score (nSPS) is 11.7. The summed E-state index contributed by atoms with van der Waals surface area (Å²) in [6.45, 7) is 0.442. The smallest absolute Gasteiger partial charge is 0.307 e. The van der Waals surface area contributed by atoms with Crippen molar-refractivity contribution in [2.24, 2.45) is 0 Å². The third kappa shape index (κ3) is 4.49. The number of fused-ring (bicyclic) bond motifs is 1. The van der Waals surface area contributed by atoms with Crippen molar-refractivity contribution in [3.63, 3.8) is 0 Å². The minimum absolute atomic E-state index is 0.0388. The van der Waals surface area contributed by atoms with Gasteiger partial charge in [0.25, 0.3) is 5.91 Å². The standard InChI is InChI=1S/C22H18N2O6/c25-20(26)10-14-3-5-15(6-4-14)12-24-21(27)17-2-1-9-23-22(17)30-16-7-8-18-19(11-16)29-13-28-18/h1-9,11H,10,12-13H2,(H,24,27)(H,25,26). The molecule has 30 heavy (non-hydrogen) atoms. The molecule has 0 bridgehead atoms. The highest BCUT2D eigenvalue weighted by Crippen LogP contribution is 2.36. The maximum atomic E-state index is 12.7. The lowest BCUT2D eigenvalue weighted by atomic mass is 10.1. The number of aromatic nitrogens is 1. The van der Waals surface area contributed by atoms with Gasteiger partial charge in [-0.05, 0) is 35.4 Å². The van der Waals surface area contributed by atoms with Crippen molar-refractivity contribution in [2.75, 3.05) is 6.79 Å². The van der Waals surface area contributed by atoms with Crippen LogP contribution in [0.4, 0.5) is 0 Å². The highest BCUT2D eigenvalue weighted by Gasteiger charge is 2.17. The molecule has 8 nitrogen and oxygen atoms in total. The molecule has 0 saturated heterocycles. The monoisotopic (exact) mass is 406 g/mol.